The topological polar surface area (TPSA) is 41.6 Å². The minimum absolute atomic E-state index is 0.159. The Morgan fingerprint density at radius 1 is 1.27 bits per heavy atom. The highest BCUT2D eigenvalue weighted by Crippen LogP contribution is 2.21. The highest BCUT2D eigenvalue weighted by Gasteiger charge is 2.23. The maximum atomic E-state index is 11.9. The number of ether oxygens (including phenoxy) is 1. The van der Waals surface area contributed by atoms with Crippen LogP contribution >= 0.6 is 0 Å². The van der Waals surface area contributed by atoms with Gasteiger partial charge in [-0.05, 0) is 18.9 Å². The van der Waals surface area contributed by atoms with Crippen molar-refractivity contribution in [3.8, 4) is 0 Å². The molecule has 1 heterocycles. The van der Waals surface area contributed by atoms with Crippen molar-refractivity contribution in [1.82, 2.24) is 10.2 Å². The van der Waals surface area contributed by atoms with Gasteiger partial charge in [0.2, 0.25) is 5.91 Å². The molecule has 2 rings (SSSR count). The van der Waals surface area contributed by atoms with Gasteiger partial charge in [-0.25, -0.2) is 0 Å². The Labute approximate surface area is 133 Å². The van der Waals surface area contributed by atoms with E-state index in [1.807, 2.05) is 0 Å². The molecule has 0 saturated carbocycles. The summed E-state index contributed by atoms with van der Waals surface area (Å²) in [7, 11) is 0. The molecule has 0 aromatic heterocycles. The SMILES string of the molecule is CCCCC(=O)NCC(c1ccc(C)cc1)N1CCOCC1. The van der Waals surface area contributed by atoms with Gasteiger partial charge >= 0.3 is 0 Å². The van der Waals surface area contributed by atoms with Crippen LogP contribution in [0.5, 0.6) is 0 Å². The van der Waals surface area contributed by atoms with E-state index in [0.717, 1.165) is 39.1 Å². The number of amides is 1. The van der Waals surface area contributed by atoms with Gasteiger partial charge in [0.15, 0.2) is 0 Å². The fourth-order valence-corrected chi connectivity index (χ4v) is 2.77. The lowest BCUT2D eigenvalue weighted by Gasteiger charge is -2.35. The largest absolute Gasteiger partial charge is 0.379 e. The number of unbranched alkanes of at least 4 members (excludes halogenated alkanes) is 1. The summed E-state index contributed by atoms with van der Waals surface area (Å²) in [5.41, 5.74) is 2.53. The van der Waals surface area contributed by atoms with Gasteiger partial charge in [0.25, 0.3) is 0 Å². The van der Waals surface area contributed by atoms with Gasteiger partial charge in [0.1, 0.15) is 0 Å². The van der Waals surface area contributed by atoms with Gasteiger partial charge in [-0.2, -0.15) is 0 Å². The molecule has 4 nitrogen and oxygen atoms in total. The highest BCUT2D eigenvalue weighted by molar-refractivity contribution is 5.75. The summed E-state index contributed by atoms with van der Waals surface area (Å²) in [6.07, 6.45) is 2.64. The van der Waals surface area contributed by atoms with E-state index >= 15 is 0 Å². The van der Waals surface area contributed by atoms with Crippen LogP contribution in [0.3, 0.4) is 0 Å². The minimum atomic E-state index is 0.159. The second-order valence-corrected chi connectivity index (χ2v) is 5.98. The molecule has 122 valence electrons. The van der Waals surface area contributed by atoms with E-state index in [1.54, 1.807) is 0 Å². The summed E-state index contributed by atoms with van der Waals surface area (Å²) in [4.78, 5) is 14.3. The van der Waals surface area contributed by atoms with Crippen LogP contribution in [0.2, 0.25) is 0 Å². The van der Waals surface area contributed by atoms with Crippen molar-refractivity contribution in [3.63, 3.8) is 0 Å². The zero-order chi connectivity index (χ0) is 15.8. The van der Waals surface area contributed by atoms with Crippen molar-refractivity contribution < 1.29 is 9.53 Å². The number of aryl methyl sites for hydroxylation is 1. The summed E-state index contributed by atoms with van der Waals surface area (Å²) in [6.45, 7) is 8.26. The molecule has 1 aromatic rings. The van der Waals surface area contributed by atoms with Crippen LogP contribution in [-0.4, -0.2) is 43.7 Å². The Bertz CT molecular complexity index is 453. The molecule has 1 unspecified atom stereocenters. The summed E-state index contributed by atoms with van der Waals surface area (Å²) < 4.78 is 5.45. The Kier molecular flexibility index (Phi) is 6.87. The molecule has 0 aliphatic carbocycles. The molecule has 1 aromatic carbocycles. The number of nitrogens with zero attached hydrogens (tertiary/aromatic N) is 1. The quantitative estimate of drug-likeness (QED) is 0.842. The number of benzene rings is 1. The second kappa shape index (κ2) is 8.91. The molecule has 1 fully saturated rings. The molecule has 1 aliphatic rings. The van der Waals surface area contributed by atoms with E-state index in [9.17, 15) is 4.79 Å². The van der Waals surface area contributed by atoms with Gasteiger partial charge < -0.3 is 10.1 Å². The van der Waals surface area contributed by atoms with Crippen molar-refractivity contribution >= 4 is 5.91 Å². The van der Waals surface area contributed by atoms with Crippen LogP contribution in [-0.2, 0) is 9.53 Å². The lowest BCUT2D eigenvalue weighted by atomic mass is 10.0. The molecule has 4 heteroatoms. The number of hydrogen-bond donors (Lipinski definition) is 1. The van der Waals surface area contributed by atoms with Crippen LogP contribution in [0.25, 0.3) is 0 Å². The lowest BCUT2D eigenvalue weighted by Crippen LogP contribution is -2.43. The fraction of sp³-hybridized carbons (Fsp3) is 0.611. The van der Waals surface area contributed by atoms with Crippen molar-refractivity contribution in [3.05, 3.63) is 35.4 Å². The maximum Gasteiger partial charge on any atom is 0.220 e. The monoisotopic (exact) mass is 304 g/mol. The first-order valence-corrected chi connectivity index (χ1v) is 8.35. The minimum Gasteiger partial charge on any atom is -0.379 e. The molecule has 1 atom stereocenters. The molecule has 1 aliphatic heterocycles. The first kappa shape index (κ1) is 17.0. The standard InChI is InChI=1S/C18H28N2O2/c1-3-4-5-18(21)19-14-17(20-10-12-22-13-11-20)16-8-6-15(2)7-9-16/h6-9,17H,3-5,10-14H2,1-2H3,(H,19,21). The second-order valence-electron chi connectivity index (χ2n) is 5.98. The molecule has 0 bridgehead atoms. The summed E-state index contributed by atoms with van der Waals surface area (Å²) >= 11 is 0. The average Bonchev–Trinajstić information content (AvgIpc) is 2.55. The lowest BCUT2D eigenvalue weighted by molar-refractivity contribution is -0.121. The average molecular weight is 304 g/mol. The number of hydrogen-bond acceptors (Lipinski definition) is 3. The third-order valence-corrected chi connectivity index (χ3v) is 4.20. The zero-order valence-corrected chi connectivity index (χ0v) is 13.8. The predicted molar refractivity (Wildman–Crippen MR) is 88.8 cm³/mol. The van der Waals surface area contributed by atoms with Crippen LogP contribution in [0.1, 0.15) is 43.4 Å². The molecular formula is C18H28N2O2. The Morgan fingerprint density at radius 3 is 2.59 bits per heavy atom. The highest BCUT2D eigenvalue weighted by atomic mass is 16.5. The van der Waals surface area contributed by atoms with E-state index in [0.29, 0.717) is 13.0 Å². The number of carbonyl (C=O) groups is 1. The van der Waals surface area contributed by atoms with Gasteiger partial charge in [0, 0.05) is 26.1 Å². The molecular weight excluding hydrogens is 276 g/mol. The third-order valence-electron chi connectivity index (χ3n) is 4.20. The van der Waals surface area contributed by atoms with E-state index in [1.165, 1.54) is 11.1 Å². The molecule has 1 N–H and O–H groups in total. The normalized spacial score (nSPS) is 17.2. The third kappa shape index (κ3) is 5.11. The van der Waals surface area contributed by atoms with Crippen molar-refractivity contribution in [2.75, 3.05) is 32.8 Å². The van der Waals surface area contributed by atoms with Crippen LogP contribution in [0, 0.1) is 6.92 Å². The smallest absolute Gasteiger partial charge is 0.220 e. The number of carbonyl (C=O) groups excluding carboxylic acids is 1. The zero-order valence-electron chi connectivity index (χ0n) is 13.8. The summed E-state index contributed by atoms with van der Waals surface area (Å²) in [6, 6.07) is 8.86. The van der Waals surface area contributed by atoms with Crippen molar-refractivity contribution in [2.24, 2.45) is 0 Å². The van der Waals surface area contributed by atoms with Crippen molar-refractivity contribution in [1.29, 1.82) is 0 Å². The van der Waals surface area contributed by atoms with Gasteiger partial charge in [-0.15, -0.1) is 0 Å². The molecule has 1 saturated heterocycles. The Morgan fingerprint density at radius 2 is 1.95 bits per heavy atom. The van der Waals surface area contributed by atoms with E-state index in [4.69, 9.17) is 4.74 Å². The number of nitrogens with one attached hydrogen (secondary N) is 1. The van der Waals surface area contributed by atoms with Gasteiger partial charge in [-0.3, -0.25) is 9.69 Å². The summed E-state index contributed by atoms with van der Waals surface area (Å²) in [5, 5.41) is 3.11. The fourth-order valence-electron chi connectivity index (χ4n) is 2.77. The van der Waals surface area contributed by atoms with Gasteiger partial charge in [0.05, 0.1) is 19.3 Å². The molecule has 0 radical (unpaired) electrons. The van der Waals surface area contributed by atoms with Crippen LogP contribution in [0.15, 0.2) is 24.3 Å². The van der Waals surface area contributed by atoms with E-state index in [-0.39, 0.29) is 11.9 Å². The van der Waals surface area contributed by atoms with Crippen LogP contribution < -0.4 is 5.32 Å². The first-order valence-electron chi connectivity index (χ1n) is 8.35. The van der Waals surface area contributed by atoms with E-state index < -0.39 is 0 Å². The van der Waals surface area contributed by atoms with Crippen LogP contribution in [0.4, 0.5) is 0 Å². The predicted octanol–water partition coefficient (Wildman–Crippen LogP) is 2.67. The number of rotatable bonds is 7. The molecule has 1 amide bonds. The summed E-state index contributed by atoms with van der Waals surface area (Å²) in [5.74, 6) is 0.159. The number of morpholine rings is 1. The Hall–Kier alpha value is -1.39. The molecule has 22 heavy (non-hydrogen) atoms. The Balaban J connectivity index is 2.01. The van der Waals surface area contributed by atoms with Crippen molar-refractivity contribution in [2.45, 2.75) is 39.2 Å². The van der Waals surface area contributed by atoms with E-state index in [2.05, 4.69) is 48.3 Å². The maximum absolute atomic E-state index is 11.9. The molecule has 0 spiro atoms. The van der Waals surface area contributed by atoms with Gasteiger partial charge in [-0.1, -0.05) is 43.2 Å². The first-order chi connectivity index (χ1) is 10.7.